The van der Waals surface area contributed by atoms with Crippen LogP contribution in [0.4, 0.5) is 13.2 Å². The molecule has 0 saturated carbocycles. The second kappa shape index (κ2) is 4.96. The van der Waals surface area contributed by atoms with E-state index < -0.39 is 23.3 Å². The zero-order valence-corrected chi connectivity index (χ0v) is 9.99. The van der Waals surface area contributed by atoms with Crippen molar-refractivity contribution in [2.24, 2.45) is 0 Å². The lowest BCUT2D eigenvalue weighted by Gasteiger charge is -2.26. The summed E-state index contributed by atoms with van der Waals surface area (Å²) >= 11 is 0. The second-order valence-corrected chi connectivity index (χ2v) is 3.58. The van der Waals surface area contributed by atoms with Gasteiger partial charge in [-0.2, -0.15) is 13.2 Å². The highest BCUT2D eigenvalue weighted by molar-refractivity contribution is 5.80. The molecule has 0 saturated heterocycles. The van der Waals surface area contributed by atoms with Crippen LogP contribution in [0.15, 0.2) is 18.2 Å². The van der Waals surface area contributed by atoms with Crippen LogP contribution in [0, 0.1) is 0 Å². The lowest BCUT2D eigenvalue weighted by Crippen LogP contribution is -2.49. The van der Waals surface area contributed by atoms with Gasteiger partial charge in [0, 0.05) is 5.56 Å². The van der Waals surface area contributed by atoms with E-state index in [2.05, 4.69) is 0 Å². The number of carboxylic acid groups (broad SMARTS) is 1. The number of methoxy groups -OCH3 is 2. The van der Waals surface area contributed by atoms with Crippen molar-refractivity contribution in [3.05, 3.63) is 23.8 Å². The van der Waals surface area contributed by atoms with Crippen molar-refractivity contribution in [3.8, 4) is 11.5 Å². The molecule has 0 radical (unpaired) electrons. The molecular weight excluding hydrogens is 269 g/mol. The van der Waals surface area contributed by atoms with E-state index in [1.54, 1.807) is 0 Å². The standard InChI is InChI=1S/C11H11F3O5/c1-18-7-4-3-6(5-8(7)19-2)10(17,9(15)16)11(12,13)14/h3-5,17H,1-2H3,(H,15,16). The number of hydrogen-bond acceptors (Lipinski definition) is 4. The summed E-state index contributed by atoms with van der Waals surface area (Å²) in [6.07, 6.45) is -5.38. The molecule has 1 aromatic carbocycles. The van der Waals surface area contributed by atoms with Gasteiger partial charge >= 0.3 is 12.1 Å². The normalized spacial score (nSPS) is 14.6. The molecule has 0 heterocycles. The van der Waals surface area contributed by atoms with Crippen LogP contribution >= 0.6 is 0 Å². The van der Waals surface area contributed by atoms with Gasteiger partial charge in [0.05, 0.1) is 14.2 Å². The maximum Gasteiger partial charge on any atom is 0.432 e. The molecule has 0 aliphatic carbocycles. The summed E-state index contributed by atoms with van der Waals surface area (Å²) in [5, 5.41) is 18.1. The number of carboxylic acids is 1. The zero-order valence-electron chi connectivity index (χ0n) is 9.99. The Morgan fingerprint density at radius 1 is 1.16 bits per heavy atom. The van der Waals surface area contributed by atoms with Gasteiger partial charge in [0.1, 0.15) is 0 Å². The Bertz CT molecular complexity index is 486. The molecule has 1 unspecified atom stereocenters. The SMILES string of the molecule is COc1ccc(C(O)(C(=O)O)C(F)(F)F)cc1OC. The molecule has 0 fully saturated rings. The molecule has 0 aromatic heterocycles. The van der Waals surface area contributed by atoms with E-state index in [1.165, 1.54) is 14.2 Å². The maximum absolute atomic E-state index is 12.8. The van der Waals surface area contributed by atoms with Gasteiger partial charge in [0.2, 0.25) is 0 Å². The Hall–Kier alpha value is -1.96. The molecule has 1 rings (SSSR count). The van der Waals surface area contributed by atoms with Crippen molar-refractivity contribution in [1.29, 1.82) is 0 Å². The Balaban J connectivity index is 3.45. The Kier molecular flexibility index (Phi) is 3.94. The van der Waals surface area contributed by atoms with Crippen LogP contribution in [0.25, 0.3) is 0 Å². The monoisotopic (exact) mass is 280 g/mol. The largest absolute Gasteiger partial charge is 0.493 e. The molecule has 19 heavy (non-hydrogen) atoms. The highest BCUT2D eigenvalue weighted by atomic mass is 19.4. The third-order valence-corrected chi connectivity index (χ3v) is 2.52. The van der Waals surface area contributed by atoms with Gasteiger partial charge in [-0.3, -0.25) is 0 Å². The number of halogens is 3. The summed E-state index contributed by atoms with van der Waals surface area (Å²) in [6.45, 7) is 0. The third kappa shape index (κ3) is 2.43. The van der Waals surface area contributed by atoms with E-state index in [0.29, 0.717) is 0 Å². The molecule has 0 amide bonds. The van der Waals surface area contributed by atoms with E-state index in [0.717, 1.165) is 18.2 Å². The lowest BCUT2D eigenvalue weighted by molar-refractivity contribution is -0.265. The number of carbonyl (C=O) groups is 1. The van der Waals surface area contributed by atoms with E-state index >= 15 is 0 Å². The maximum atomic E-state index is 12.8. The van der Waals surface area contributed by atoms with Gasteiger partial charge in [-0.1, -0.05) is 6.07 Å². The van der Waals surface area contributed by atoms with Gasteiger partial charge in [-0.15, -0.1) is 0 Å². The summed E-state index contributed by atoms with van der Waals surface area (Å²) in [5.74, 6) is -2.43. The summed E-state index contributed by atoms with van der Waals surface area (Å²) < 4.78 is 47.9. The van der Waals surface area contributed by atoms with Crippen molar-refractivity contribution < 1.29 is 37.7 Å². The highest BCUT2D eigenvalue weighted by Crippen LogP contribution is 2.41. The molecule has 0 spiro atoms. The highest BCUT2D eigenvalue weighted by Gasteiger charge is 2.61. The van der Waals surface area contributed by atoms with Crippen molar-refractivity contribution in [2.75, 3.05) is 14.2 Å². The molecule has 1 atom stereocenters. The first-order chi connectivity index (χ1) is 8.68. The molecular formula is C11H11F3O5. The zero-order chi connectivity index (χ0) is 14.8. The van der Waals surface area contributed by atoms with Crippen molar-refractivity contribution in [2.45, 2.75) is 11.8 Å². The topological polar surface area (TPSA) is 76.0 Å². The quantitative estimate of drug-likeness (QED) is 0.875. The number of aliphatic carboxylic acids is 1. The second-order valence-electron chi connectivity index (χ2n) is 3.58. The predicted octanol–water partition coefficient (Wildman–Crippen LogP) is 1.54. The van der Waals surface area contributed by atoms with E-state index in [1.807, 2.05) is 0 Å². The predicted molar refractivity (Wildman–Crippen MR) is 57.1 cm³/mol. The van der Waals surface area contributed by atoms with Crippen molar-refractivity contribution in [3.63, 3.8) is 0 Å². The molecule has 0 aliphatic heterocycles. The summed E-state index contributed by atoms with van der Waals surface area (Å²) in [6, 6.07) is 2.65. The molecule has 8 heteroatoms. The van der Waals surface area contributed by atoms with E-state index in [9.17, 15) is 23.1 Å². The average molecular weight is 280 g/mol. The fourth-order valence-electron chi connectivity index (χ4n) is 1.47. The molecule has 2 N–H and O–H groups in total. The summed E-state index contributed by atoms with van der Waals surface area (Å²) in [7, 11) is 2.44. The number of ether oxygens (including phenoxy) is 2. The lowest BCUT2D eigenvalue weighted by atomic mass is 9.93. The van der Waals surface area contributed by atoms with Crippen LogP contribution in [0.3, 0.4) is 0 Å². The minimum absolute atomic E-state index is 0.112. The van der Waals surface area contributed by atoms with Gasteiger partial charge in [0.25, 0.3) is 5.60 Å². The van der Waals surface area contributed by atoms with Crippen LogP contribution < -0.4 is 9.47 Å². The van der Waals surface area contributed by atoms with E-state index in [-0.39, 0.29) is 11.5 Å². The van der Waals surface area contributed by atoms with Crippen LogP contribution in [0.5, 0.6) is 11.5 Å². The minimum atomic E-state index is -5.38. The Labute approximate surface area is 106 Å². The first kappa shape index (κ1) is 15.1. The molecule has 1 aromatic rings. The Morgan fingerprint density at radius 2 is 1.68 bits per heavy atom. The van der Waals surface area contributed by atoms with Crippen molar-refractivity contribution in [1.82, 2.24) is 0 Å². The first-order valence-electron chi connectivity index (χ1n) is 4.93. The van der Waals surface area contributed by atoms with Crippen LogP contribution in [0.1, 0.15) is 5.56 Å². The minimum Gasteiger partial charge on any atom is -0.493 e. The smallest absolute Gasteiger partial charge is 0.432 e. The number of hydrogen-bond donors (Lipinski definition) is 2. The molecule has 106 valence electrons. The average Bonchev–Trinajstić information content (AvgIpc) is 2.35. The Morgan fingerprint density at radius 3 is 2.05 bits per heavy atom. The fourth-order valence-corrected chi connectivity index (χ4v) is 1.47. The van der Waals surface area contributed by atoms with Gasteiger partial charge in [-0.05, 0) is 12.1 Å². The summed E-state index contributed by atoms with van der Waals surface area (Å²) in [5.41, 5.74) is -4.88. The van der Waals surface area contributed by atoms with Crippen molar-refractivity contribution >= 4 is 5.97 Å². The van der Waals surface area contributed by atoms with Crippen LogP contribution in [0.2, 0.25) is 0 Å². The number of rotatable bonds is 4. The first-order valence-corrected chi connectivity index (χ1v) is 4.93. The fraction of sp³-hybridized carbons (Fsp3) is 0.364. The summed E-state index contributed by atoms with van der Waals surface area (Å²) in [4.78, 5) is 10.8. The number of alkyl halides is 3. The van der Waals surface area contributed by atoms with E-state index in [4.69, 9.17) is 14.6 Å². The van der Waals surface area contributed by atoms with Gasteiger partial charge in [-0.25, -0.2) is 4.79 Å². The van der Waals surface area contributed by atoms with Crippen LogP contribution in [-0.2, 0) is 10.4 Å². The van der Waals surface area contributed by atoms with Crippen LogP contribution in [-0.4, -0.2) is 36.6 Å². The van der Waals surface area contributed by atoms with Gasteiger partial charge < -0.3 is 19.7 Å². The molecule has 5 nitrogen and oxygen atoms in total. The molecule has 0 bridgehead atoms. The molecule has 0 aliphatic rings. The number of benzene rings is 1. The third-order valence-electron chi connectivity index (χ3n) is 2.52. The number of aliphatic hydroxyl groups is 1. The van der Waals surface area contributed by atoms with Gasteiger partial charge in [0.15, 0.2) is 11.5 Å².